The second-order valence-electron chi connectivity index (χ2n) is 6.82. The van der Waals surface area contributed by atoms with Gasteiger partial charge in [-0.1, -0.05) is 30.3 Å². The number of nitrogens with zero attached hydrogens (tertiary/aromatic N) is 1. The highest BCUT2D eigenvalue weighted by Crippen LogP contribution is 2.18. The molecule has 166 valence electrons. The molecule has 1 atom stereocenters. The van der Waals surface area contributed by atoms with E-state index in [0.717, 1.165) is 21.2 Å². The molecule has 3 N–H and O–H groups in total. The minimum absolute atomic E-state index is 0.111. The maximum Gasteiger partial charge on any atom is 0.407 e. The molecule has 10 heteroatoms. The van der Waals surface area contributed by atoms with E-state index in [4.69, 9.17) is 9.47 Å². The van der Waals surface area contributed by atoms with Gasteiger partial charge in [-0.15, -0.1) is 23.1 Å². The fourth-order valence-electron chi connectivity index (χ4n) is 2.92. The van der Waals surface area contributed by atoms with Crippen LogP contribution in [0.4, 0.5) is 9.59 Å². The minimum atomic E-state index is -0.461. The Kier molecular flexibility index (Phi) is 9.52. The molecule has 2 amide bonds. The molecule has 0 aliphatic carbocycles. The Morgan fingerprint density at radius 2 is 2.00 bits per heavy atom. The maximum absolute atomic E-state index is 12.2. The number of hydrogen-bond acceptors (Lipinski definition) is 8. The lowest BCUT2D eigenvalue weighted by atomic mass is 10.0. The zero-order chi connectivity index (χ0) is 21.7. The largest absolute Gasteiger partial charge is 0.444 e. The van der Waals surface area contributed by atoms with Crippen LogP contribution in [0.5, 0.6) is 0 Å². The fourth-order valence-corrected chi connectivity index (χ4v) is 4.09. The Labute approximate surface area is 189 Å². The SMILES string of the molecule is O=C(NCCCC(Cc1ccccc1)NC(=O)OCc1cncs1)OCC1=CNCS1. The van der Waals surface area contributed by atoms with Crippen LogP contribution in [0.2, 0.25) is 0 Å². The molecule has 1 unspecified atom stereocenters. The normalized spacial score (nSPS) is 13.6. The quantitative estimate of drug-likeness (QED) is 0.438. The van der Waals surface area contributed by atoms with Crippen LogP contribution < -0.4 is 16.0 Å². The van der Waals surface area contributed by atoms with Gasteiger partial charge in [-0.3, -0.25) is 4.98 Å². The summed E-state index contributed by atoms with van der Waals surface area (Å²) in [5, 5.41) is 8.75. The van der Waals surface area contributed by atoms with Crippen molar-refractivity contribution < 1.29 is 19.1 Å². The Bertz CT molecular complexity index is 846. The fraction of sp³-hybridized carbons (Fsp3) is 0.381. The van der Waals surface area contributed by atoms with Crippen molar-refractivity contribution in [3.05, 3.63) is 63.6 Å². The molecule has 0 bridgehead atoms. The highest BCUT2D eigenvalue weighted by molar-refractivity contribution is 8.03. The van der Waals surface area contributed by atoms with Crippen molar-refractivity contribution in [1.29, 1.82) is 0 Å². The summed E-state index contributed by atoms with van der Waals surface area (Å²) in [6, 6.07) is 9.84. The van der Waals surface area contributed by atoms with Crippen LogP contribution in [0.15, 0.2) is 53.1 Å². The molecular weight excluding hydrogens is 436 g/mol. The second kappa shape index (κ2) is 12.9. The summed E-state index contributed by atoms with van der Waals surface area (Å²) in [6.07, 6.45) is 4.70. The van der Waals surface area contributed by atoms with Crippen molar-refractivity contribution >= 4 is 35.3 Å². The zero-order valence-corrected chi connectivity index (χ0v) is 18.7. The molecule has 31 heavy (non-hydrogen) atoms. The first-order chi connectivity index (χ1) is 15.2. The number of hydrogen-bond donors (Lipinski definition) is 3. The lowest BCUT2D eigenvalue weighted by Crippen LogP contribution is -2.37. The van der Waals surface area contributed by atoms with Gasteiger partial charge in [-0.2, -0.15) is 0 Å². The molecule has 1 aromatic carbocycles. The second-order valence-corrected chi connectivity index (χ2v) is 8.90. The van der Waals surface area contributed by atoms with Gasteiger partial charge in [0.25, 0.3) is 0 Å². The third kappa shape index (κ3) is 8.89. The van der Waals surface area contributed by atoms with E-state index in [-0.39, 0.29) is 19.3 Å². The topological polar surface area (TPSA) is 102 Å². The highest BCUT2D eigenvalue weighted by atomic mass is 32.2. The minimum Gasteiger partial charge on any atom is -0.444 e. The van der Waals surface area contributed by atoms with Crippen molar-refractivity contribution in [3.63, 3.8) is 0 Å². The van der Waals surface area contributed by atoms with Crippen molar-refractivity contribution in [2.45, 2.75) is 31.9 Å². The molecule has 2 aromatic rings. The maximum atomic E-state index is 12.2. The molecule has 1 aromatic heterocycles. The first kappa shape index (κ1) is 23.0. The Morgan fingerprint density at radius 1 is 1.16 bits per heavy atom. The van der Waals surface area contributed by atoms with Crippen LogP contribution in [-0.4, -0.2) is 42.2 Å². The van der Waals surface area contributed by atoms with Crippen LogP contribution in [-0.2, 0) is 22.5 Å². The van der Waals surface area contributed by atoms with Gasteiger partial charge in [0.2, 0.25) is 0 Å². The monoisotopic (exact) mass is 462 g/mol. The van der Waals surface area contributed by atoms with Crippen LogP contribution >= 0.6 is 23.1 Å². The number of alkyl carbamates (subject to hydrolysis) is 2. The van der Waals surface area contributed by atoms with Gasteiger partial charge in [-0.25, -0.2) is 9.59 Å². The number of aromatic nitrogens is 1. The standard InChI is InChI=1S/C21H26N4O4S2/c26-20(28-12-18-10-22-14-30-18)24-8-4-7-17(9-16-5-2-1-3-6-16)25-21(27)29-13-19-11-23-15-31-19/h1-3,5-6,10-11,15,17,22H,4,7-9,12-14H2,(H,24,26)(H,25,27). The van der Waals surface area contributed by atoms with Crippen molar-refractivity contribution in [2.75, 3.05) is 19.0 Å². The summed E-state index contributed by atoms with van der Waals surface area (Å²) >= 11 is 3.06. The summed E-state index contributed by atoms with van der Waals surface area (Å²) in [6.45, 7) is 0.936. The van der Waals surface area contributed by atoms with Gasteiger partial charge in [-0.05, 0) is 24.8 Å². The number of rotatable bonds is 11. The summed E-state index contributed by atoms with van der Waals surface area (Å²) in [5.41, 5.74) is 2.83. The lowest BCUT2D eigenvalue weighted by Gasteiger charge is -2.19. The summed E-state index contributed by atoms with van der Waals surface area (Å²) < 4.78 is 10.5. The van der Waals surface area contributed by atoms with E-state index in [0.29, 0.717) is 25.8 Å². The predicted molar refractivity (Wildman–Crippen MR) is 122 cm³/mol. The molecule has 1 aliphatic heterocycles. The molecule has 2 heterocycles. The lowest BCUT2D eigenvalue weighted by molar-refractivity contribution is 0.135. The zero-order valence-electron chi connectivity index (χ0n) is 17.0. The number of carbonyl (C=O) groups is 2. The number of nitrogens with one attached hydrogen (secondary N) is 3. The number of thiazole rings is 1. The summed E-state index contributed by atoms with van der Waals surface area (Å²) in [5.74, 6) is 0.808. The Hall–Kier alpha value is -2.72. The number of ether oxygens (including phenoxy) is 2. The van der Waals surface area contributed by atoms with Crippen LogP contribution in [0.1, 0.15) is 23.3 Å². The Morgan fingerprint density at radius 3 is 2.74 bits per heavy atom. The molecule has 3 rings (SSSR count). The van der Waals surface area contributed by atoms with E-state index in [9.17, 15) is 9.59 Å². The Balaban J connectivity index is 1.40. The molecule has 0 fully saturated rings. The molecule has 8 nitrogen and oxygen atoms in total. The number of benzene rings is 1. The van der Waals surface area contributed by atoms with Crippen molar-refractivity contribution in [2.24, 2.45) is 0 Å². The molecule has 0 radical (unpaired) electrons. The van der Waals surface area contributed by atoms with Gasteiger partial charge in [0.15, 0.2) is 0 Å². The smallest absolute Gasteiger partial charge is 0.407 e. The third-order valence-electron chi connectivity index (χ3n) is 4.42. The molecule has 0 saturated carbocycles. The first-order valence-electron chi connectivity index (χ1n) is 9.99. The summed E-state index contributed by atoms with van der Waals surface area (Å²) in [4.78, 5) is 29.9. The van der Waals surface area contributed by atoms with E-state index in [2.05, 4.69) is 20.9 Å². The molecule has 0 saturated heterocycles. The third-order valence-corrected chi connectivity index (χ3v) is 6.09. The van der Waals surface area contributed by atoms with Crippen LogP contribution in [0.3, 0.4) is 0 Å². The van der Waals surface area contributed by atoms with Gasteiger partial charge < -0.3 is 25.4 Å². The number of thioether (sulfide) groups is 1. The van der Waals surface area contributed by atoms with E-state index >= 15 is 0 Å². The molecular formula is C21H26N4O4S2. The van der Waals surface area contributed by atoms with Crippen LogP contribution in [0, 0.1) is 0 Å². The van der Waals surface area contributed by atoms with E-state index < -0.39 is 12.2 Å². The number of amides is 2. The first-order valence-corrected chi connectivity index (χ1v) is 11.9. The molecule has 0 spiro atoms. The van der Waals surface area contributed by atoms with Gasteiger partial charge in [0.05, 0.1) is 16.3 Å². The average molecular weight is 463 g/mol. The summed E-state index contributed by atoms with van der Waals surface area (Å²) in [7, 11) is 0. The average Bonchev–Trinajstić information content (AvgIpc) is 3.49. The van der Waals surface area contributed by atoms with E-state index in [1.807, 2.05) is 36.5 Å². The number of carbonyl (C=O) groups excluding carboxylic acids is 2. The molecule has 1 aliphatic rings. The van der Waals surface area contributed by atoms with E-state index in [1.54, 1.807) is 23.5 Å². The van der Waals surface area contributed by atoms with Gasteiger partial charge in [0, 0.05) is 29.9 Å². The van der Waals surface area contributed by atoms with Gasteiger partial charge >= 0.3 is 12.2 Å². The predicted octanol–water partition coefficient (Wildman–Crippen LogP) is 3.62. The van der Waals surface area contributed by atoms with Crippen molar-refractivity contribution in [1.82, 2.24) is 20.9 Å². The van der Waals surface area contributed by atoms with Gasteiger partial charge in [0.1, 0.15) is 13.2 Å². The van der Waals surface area contributed by atoms with Crippen molar-refractivity contribution in [3.8, 4) is 0 Å². The van der Waals surface area contributed by atoms with Crippen LogP contribution in [0.25, 0.3) is 0 Å². The van der Waals surface area contributed by atoms with E-state index in [1.165, 1.54) is 11.3 Å². The highest BCUT2D eigenvalue weighted by Gasteiger charge is 2.15.